The Morgan fingerprint density at radius 1 is 1.08 bits per heavy atom. The maximum Gasteiger partial charge on any atom is 0.262 e. The molecule has 0 saturated carbocycles. The Kier molecular flexibility index (Phi) is 9.58. The average molecular weight is 556 g/mol. The first kappa shape index (κ1) is 26.9. The van der Waals surface area contributed by atoms with E-state index in [9.17, 15) is 14.0 Å². The number of nitrogens with zero attached hydrogens (tertiary/aromatic N) is 1. The topological polar surface area (TPSA) is 89.0 Å². The van der Waals surface area contributed by atoms with Gasteiger partial charge in [-0.15, -0.1) is 0 Å². The minimum atomic E-state index is -0.913. The van der Waals surface area contributed by atoms with E-state index < -0.39 is 23.7 Å². The number of carbonyl (C=O) groups is 2. The van der Waals surface area contributed by atoms with Crippen molar-refractivity contribution in [2.45, 2.75) is 26.5 Å². The highest BCUT2D eigenvalue weighted by Crippen LogP contribution is 2.36. The van der Waals surface area contributed by atoms with Crippen LogP contribution in [0.5, 0.6) is 11.5 Å². The molecule has 0 fully saturated rings. The molecule has 0 aliphatic rings. The van der Waals surface area contributed by atoms with Gasteiger partial charge in [0.2, 0.25) is 0 Å². The lowest BCUT2D eigenvalue weighted by Gasteiger charge is -2.20. The van der Waals surface area contributed by atoms with Crippen molar-refractivity contribution < 1.29 is 23.5 Å². The monoisotopic (exact) mass is 555 g/mol. The molecule has 0 spiro atoms. The maximum absolute atomic E-state index is 13.9. The minimum Gasteiger partial charge on any atom is -0.493 e. The van der Waals surface area contributed by atoms with Crippen LogP contribution in [0.25, 0.3) is 0 Å². The standard InChI is InChI=1S/C27H27BrFN3O4/c1-17(2)24(31-26(33)20-11-7-8-12-22(20)29)27(34)32-30-15-19-13-21(28)25(23(14-19)35-3)36-16-18-9-5-4-6-10-18/h4-15,17,24H,16H2,1-3H3,(H,31,33)(H,32,34). The van der Waals surface area contributed by atoms with Crippen molar-refractivity contribution >= 4 is 34.0 Å². The molecule has 1 atom stereocenters. The van der Waals surface area contributed by atoms with Crippen LogP contribution in [0.1, 0.15) is 35.3 Å². The molecule has 0 aromatic heterocycles. The van der Waals surface area contributed by atoms with E-state index in [1.54, 1.807) is 32.0 Å². The van der Waals surface area contributed by atoms with Gasteiger partial charge in [-0.1, -0.05) is 56.3 Å². The number of rotatable bonds is 10. The molecule has 0 radical (unpaired) electrons. The van der Waals surface area contributed by atoms with E-state index in [4.69, 9.17) is 9.47 Å². The van der Waals surface area contributed by atoms with Crippen LogP contribution in [0.3, 0.4) is 0 Å². The fraction of sp³-hybridized carbons (Fsp3) is 0.222. The summed E-state index contributed by atoms with van der Waals surface area (Å²) < 4.78 is 26.0. The number of carbonyl (C=O) groups excluding carboxylic acids is 2. The fourth-order valence-electron chi connectivity index (χ4n) is 3.32. The number of hydrogen-bond acceptors (Lipinski definition) is 5. The van der Waals surface area contributed by atoms with Crippen molar-refractivity contribution in [1.82, 2.24) is 10.7 Å². The van der Waals surface area contributed by atoms with Gasteiger partial charge in [-0.2, -0.15) is 5.10 Å². The highest BCUT2D eigenvalue weighted by molar-refractivity contribution is 9.10. The Labute approximate surface area is 217 Å². The number of halogens is 2. The van der Waals surface area contributed by atoms with Crippen LogP contribution in [0.4, 0.5) is 4.39 Å². The maximum atomic E-state index is 13.9. The lowest BCUT2D eigenvalue weighted by atomic mass is 10.0. The lowest BCUT2D eigenvalue weighted by Crippen LogP contribution is -2.48. The molecule has 3 aromatic carbocycles. The second-order valence-electron chi connectivity index (χ2n) is 8.22. The summed E-state index contributed by atoms with van der Waals surface area (Å²) in [5.41, 5.74) is 3.96. The van der Waals surface area contributed by atoms with Crippen LogP contribution < -0.4 is 20.2 Å². The normalized spacial score (nSPS) is 11.8. The van der Waals surface area contributed by atoms with E-state index in [1.165, 1.54) is 31.5 Å². The third kappa shape index (κ3) is 7.14. The van der Waals surface area contributed by atoms with Gasteiger partial charge in [-0.25, -0.2) is 9.82 Å². The Balaban J connectivity index is 1.66. The fourth-order valence-corrected chi connectivity index (χ4v) is 3.90. The van der Waals surface area contributed by atoms with Gasteiger partial charge >= 0.3 is 0 Å². The van der Waals surface area contributed by atoms with Crippen LogP contribution in [0.2, 0.25) is 0 Å². The summed E-state index contributed by atoms with van der Waals surface area (Å²) in [4.78, 5) is 25.2. The van der Waals surface area contributed by atoms with Crippen molar-refractivity contribution in [3.05, 3.63) is 93.7 Å². The molecule has 0 heterocycles. The van der Waals surface area contributed by atoms with E-state index >= 15 is 0 Å². The predicted molar refractivity (Wildman–Crippen MR) is 140 cm³/mol. The molecular weight excluding hydrogens is 529 g/mol. The smallest absolute Gasteiger partial charge is 0.262 e. The van der Waals surface area contributed by atoms with E-state index in [0.717, 1.165) is 5.56 Å². The summed E-state index contributed by atoms with van der Waals surface area (Å²) in [6.07, 6.45) is 1.45. The quantitative estimate of drug-likeness (QED) is 0.269. The number of nitrogens with one attached hydrogen (secondary N) is 2. The van der Waals surface area contributed by atoms with E-state index in [2.05, 4.69) is 31.8 Å². The van der Waals surface area contributed by atoms with Crippen LogP contribution in [0.15, 0.2) is 76.3 Å². The van der Waals surface area contributed by atoms with Crippen molar-refractivity contribution in [3.8, 4) is 11.5 Å². The van der Waals surface area contributed by atoms with Crippen LogP contribution in [-0.4, -0.2) is 31.2 Å². The van der Waals surface area contributed by atoms with Gasteiger partial charge in [0.15, 0.2) is 11.5 Å². The summed E-state index contributed by atoms with van der Waals surface area (Å²) in [6, 6.07) is 17.9. The Morgan fingerprint density at radius 3 is 2.44 bits per heavy atom. The molecule has 0 saturated heterocycles. The highest BCUT2D eigenvalue weighted by Gasteiger charge is 2.25. The van der Waals surface area contributed by atoms with E-state index in [-0.39, 0.29) is 11.5 Å². The zero-order valence-corrected chi connectivity index (χ0v) is 21.7. The van der Waals surface area contributed by atoms with Gasteiger partial charge in [0, 0.05) is 0 Å². The van der Waals surface area contributed by atoms with Crippen molar-refractivity contribution in [2.75, 3.05) is 7.11 Å². The summed E-state index contributed by atoms with van der Waals surface area (Å²) in [5.74, 6) is -1.09. The molecular formula is C27H27BrFN3O4. The SMILES string of the molecule is COc1cc(C=NNC(=O)C(NC(=O)c2ccccc2F)C(C)C)cc(Br)c1OCc1ccccc1. The van der Waals surface area contributed by atoms with Crippen LogP contribution in [-0.2, 0) is 11.4 Å². The van der Waals surface area contributed by atoms with Crippen LogP contribution in [0, 0.1) is 11.7 Å². The van der Waals surface area contributed by atoms with Crippen molar-refractivity contribution in [2.24, 2.45) is 11.0 Å². The summed E-state index contributed by atoms with van der Waals surface area (Å²) in [6.45, 7) is 3.91. The zero-order chi connectivity index (χ0) is 26.1. The average Bonchev–Trinajstić information content (AvgIpc) is 2.86. The number of amides is 2. The van der Waals surface area contributed by atoms with E-state index in [1.807, 2.05) is 30.3 Å². The van der Waals surface area contributed by atoms with Gasteiger partial charge in [-0.05, 0) is 57.2 Å². The second-order valence-corrected chi connectivity index (χ2v) is 9.07. The number of hydrazone groups is 1. The van der Waals surface area contributed by atoms with Gasteiger partial charge in [-0.3, -0.25) is 9.59 Å². The molecule has 2 N–H and O–H groups in total. The number of benzene rings is 3. The Morgan fingerprint density at radius 2 is 1.78 bits per heavy atom. The first-order chi connectivity index (χ1) is 17.3. The lowest BCUT2D eigenvalue weighted by molar-refractivity contribution is -0.123. The number of ether oxygens (including phenoxy) is 2. The highest BCUT2D eigenvalue weighted by atomic mass is 79.9. The van der Waals surface area contributed by atoms with Gasteiger partial charge in [0.25, 0.3) is 11.8 Å². The van der Waals surface area contributed by atoms with Crippen molar-refractivity contribution in [1.29, 1.82) is 0 Å². The molecule has 3 rings (SSSR count). The molecule has 2 amide bonds. The molecule has 0 aliphatic carbocycles. The minimum absolute atomic E-state index is 0.133. The molecule has 7 nitrogen and oxygen atoms in total. The third-order valence-electron chi connectivity index (χ3n) is 5.22. The molecule has 9 heteroatoms. The summed E-state index contributed by atoms with van der Waals surface area (Å²) >= 11 is 3.50. The van der Waals surface area contributed by atoms with Crippen LogP contribution >= 0.6 is 15.9 Å². The zero-order valence-electron chi connectivity index (χ0n) is 20.1. The molecule has 188 valence electrons. The van der Waals surface area contributed by atoms with Gasteiger partial charge in [0.05, 0.1) is 23.4 Å². The van der Waals surface area contributed by atoms with Gasteiger partial charge in [0.1, 0.15) is 18.5 Å². The predicted octanol–water partition coefficient (Wildman–Crippen LogP) is 5.08. The molecule has 0 aliphatic heterocycles. The summed E-state index contributed by atoms with van der Waals surface area (Å²) in [5, 5.41) is 6.59. The molecule has 3 aromatic rings. The van der Waals surface area contributed by atoms with E-state index in [0.29, 0.717) is 28.1 Å². The third-order valence-corrected chi connectivity index (χ3v) is 5.81. The molecule has 0 bridgehead atoms. The van der Waals surface area contributed by atoms with Crippen molar-refractivity contribution in [3.63, 3.8) is 0 Å². The largest absolute Gasteiger partial charge is 0.493 e. The number of methoxy groups -OCH3 is 1. The number of hydrogen-bond donors (Lipinski definition) is 2. The molecule has 1 unspecified atom stereocenters. The summed E-state index contributed by atoms with van der Waals surface area (Å²) in [7, 11) is 1.53. The second kappa shape index (κ2) is 12.8. The molecule has 36 heavy (non-hydrogen) atoms. The Hall–Kier alpha value is -3.72. The first-order valence-electron chi connectivity index (χ1n) is 11.2. The first-order valence-corrected chi connectivity index (χ1v) is 12.0. The Bertz CT molecular complexity index is 1230. The van der Waals surface area contributed by atoms with Gasteiger partial charge < -0.3 is 14.8 Å².